The van der Waals surface area contributed by atoms with Crippen molar-refractivity contribution in [3.8, 4) is 0 Å². The Hall–Kier alpha value is -1.78. The molecule has 108 valence electrons. The molecule has 1 fully saturated rings. The van der Waals surface area contributed by atoms with Crippen molar-refractivity contribution >= 4 is 11.9 Å². The quantitative estimate of drug-likeness (QED) is 0.887. The molecule has 0 aromatic carbocycles. The number of aryl methyl sites for hydroxylation is 1. The van der Waals surface area contributed by atoms with Crippen LogP contribution in [0.2, 0.25) is 0 Å². The summed E-state index contributed by atoms with van der Waals surface area (Å²) in [4.78, 5) is 23.5. The van der Waals surface area contributed by atoms with Gasteiger partial charge in [-0.25, -0.2) is 0 Å². The lowest BCUT2D eigenvalue weighted by Crippen LogP contribution is -2.33. The Kier molecular flexibility index (Phi) is 2.88. The molecule has 0 bridgehead atoms. The number of rotatable bonds is 3. The Bertz CT molecular complexity index is 560. The highest BCUT2D eigenvalue weighted by atomic mass is 16.4. The molecular formula is C15H19NO4. The second kappa shape index (κ2) is 4.36. The summed E-state index contributed by atoms with van der Waals surface area (Å²) >= 11 is 0. The van der Waals surface area contributed by atoms with Crippen LogP contribution in [0.4, 0.5) is 0 Å². The minimum atomic E-state index is -0.886. The molecule has 3 rings (SSSR count). The maximum atomic E-state index is 12.3. The van der Waals surface area contributed by atoms with Gasteiger partial charge in [0.2, 0.25) is 5.91 Å². The van der Waals surface area contributed by atoms with E-state index in [1.54, 1.807) is 6.26 Å². The van der Waals surface area contributed by atoms with Crippen molar-refractivity contribution in [2.24, 2.45) is 17.3 Å². The number of hydrogen-bond donors (Lipinski definition) is 2. The molecule has 3 unspecified atom stereocenters. The van der Waals surface area contributed by atoms with Crippen molar-refractivity contribution in [2.75, 3.05) is 0 Å². The molecule has 5 heteroatoms. The zero-order valence-electron chi connectivity index (χ0n) is 11.7. The van der Waals surface area contributed by atoms with E-state index >= 15 is 0 Å². The molecule has 20 heavy (non-hydrogen) atoms. The van der Waals surface area contributed by atoms with Crippen LogP contribution in [0.5, 0.6) is 0 Å². The number of carbonyl (C=O) groups is 2. The lowest BCUT2D eigenvalue weighted by molar-refractivity contribution is -0.140. The predicted molar refractivity (Wildman–Crippen MR) is 70.9 cm³/mol. The number of hydrogen-bond acceptors (Lipinski definition) is 3. The van der Waals surface area contributed by atoms with Crippen LogP contribution in [-0.2, 0) is 16.0 Å². The monoisotopic (exact) mass is 277 g/mol. The first-order valence-corrected chi connectivity index (χ1v) is 7.02. The molecular weight excluding hydrogens is 258 g/mol. The van der Waals surface area contributed by atoms with Gasteiger partial charge in [-0.3, -0.25) is 9.59 Å². The Morgan fingerprint density at radius 2 is 2.15 bits per heavy atom. The van der Waals surface area contributed by atoms with Crippen molar-refractivity contribution in [3.05, 3.63) is 23.7 Å². The van der Waals surface area contributed by atoms with Crippen LogP contribution in [0, 0.1) is 17.3 Å². The minimum absolute atomic E-state index is 0.0455. The van der Waals surface area contributed by atoms with Crippen molar-refractivity contribution in [2.45, 2.75) is 39.2 Å². The van der Waals surface area contributed by atoms with E-state index in [4.69, 9.17) is 9.52 Å². The summed E-state index contributed by atoms with van der Waals surface area (Å²) in [6, 6.07) is 1.85. The molecule has 1 amide bonds. The molecule has 0 radical (unpaired) electrons. The van der Waals surface area contributed by atoms with Crippen LogP contribution in [0.25, 0.3) is 0 Å². The third kappa shape index (κ3) is 1.92. The molecule has 2 aliphatic rings. The highest BCUT2D eigenvalue weighted by Crippen LogP contribution is 2.58. The van der Waals surface area contributed by atoms with E-state index in [1.807, 2.05) is 19.9 Å². The zero-order chi connectivity index (χ0) is 14.5. The Morgan fingerprint density at radius 1 is 1.40 bits per heavy atom. The highest BCUT2D eigenvalue weighted by molar-refractivity contribution is 5.91. The van der Waals surface area contributed by atoms with Gasteiger partial charge in [-0.2, -0.15) is 0 Å². The zero-order valence-corrected chi connectivity index (χ0v) is 11.7. The Labute approximate surface area is 117 Å². The summed E-state index contributed by atoms with van der Waals surface area (Å²) in [5.41, 5.74) is 0.582. The summed E-state index contributed by atoms with van der Waals surface area (Å²) in [7, 11) is 0. The summed E-state index contributed by atoms with van der Waals surface area (Å²) in [6.45, 7) is 3.67. The number of carboxylic acids is 1. The maximum Gasteiger partial charge on any atom is 0.307 e. The molecule has 0 saturated heterocycles. The van der Waals surface area contributed by atoms with Crippen LogP contribution >= 0.6 is 0 Å². The molecule has 2 aliphatic carbocycles. The SMILES string of the molecule is CC1(C)C(C(=O)O)C1C(=O)NC1CCCc2occc21. The van der Waals surface area contributed by atoms with Gasteiger partial charge in [0.15, 0.2) is 0 Å². The van der Waals surface area contributed by atoms with Crippen molar-refractivity contribution in [1.82, 2.24) is 5.32 Å². The Morgan fingerprint density at radius 3 is 2.80 bits per heavy atom. The van der Waals surface area contributed by atoms with E-state index in [9.17, 15) is 9.59 Å². The summed E-state index contributed by atoms with van der Waals surface area (Å²) in [5, 5.41) is 12.1. The fourth-order valence-corrected chi connectivity index (χ4v) is 3.49. The first-order valence-electron chi connectivity index (χ1n) is 7.02. The van der Waals surface area contributed by atoms with Crippen LogP contribution in [0.15, 0.2) is 16.7 Å². The van der Waals surface area contributed by atoms with Crippen LogP contribution in [-0.4, -0.2) is 17.0 Å². The topological polar surface area (TPSA) is 79.5 Å². The average Bonchev–Trinajstić information content (AvgIpc) is 2.73. The fourth-order valence-electron chi connectivity index (χ4n) is 3.49. The number of carboxylic acid groups (broad SMARTS) is 1. The van der Waals surface area contributed by atoms with Crippen molar-refractivity contribution in [1.29, 1.82) is 0 Å². The van der Waals surface area contributed by atoms with Gasteiger partial charge >= 0.3 is 5.97 Å². The predicted octanol–water partition coefficient (Wildman–Crippen LogP) is 2.13. The number of carbonyl (C=O) groups excluding carboxylic acids is 1. The number of nitrogens with one attached hydrogen (secondary N) is 1. The van der Waals surface area contributed by atoms with Crippen LogP contribution in [0.1, 0.15) is 44.1 Å². The molecule has 1 saturated carbocycles. The van der Waals surface area contributed by atoms with E-state index in [1.165, 1.54) is 0 Å². The second-order valence-electron chi connectivity index (χ2n) is 6.37. The average molecular weight is 277 g/mol. The van der Waals surface area contributed by atoms with E-state index in [0.29, 0.717) is 0 Å². The molecule has 3 atom stereocenters. The van der Waals surface area contributed by atoms with Crippen molar-refractivity contribution in [3.63, 3.8) is 0 Å². The van der Waals surface area contributed by atoms with E-state index in [0.717, 1.165) is 30.6 Å². The van der Waals surface area contributed by atoms with Gasteiger partial charge in [-0.05, 0) is 24.3 Å². The van der Waals surface area contributed by atoms with E-state index < -0.39 is 23.2 Å². The van der Waals surface area contributed by atoms with Crippen LogP contribution in [0.3, 0.4) is 0 Å². The number of fused-ring (bicyclic) bond motifs is 1. The van der Waals surface area contributed by atoms with Gasteiger partial charge in [-0.1, -0.05) is 13.8 Å². The number of amides is 1. The van der Waals surface area contributed by atoms with Crippen LogP contribution < -0.4 is 5.32 Å². The lowest BCUT2D eigenvalue weighted by Gasteiger charge is -2.23. The van der Waals surface area contributed by atoms with Gasteiger partial charge < -0.3 is 14.8 Å². The third-order valence-electron chi connectivity index (χ3n) is 4.74. The van der Waals surface area contributed by atoms with Crippen molar-refractivity contribution < 1.29 is 19.1 Å². The minimum Gasteiger partial charge on any atom is -0.481 e. The first-order chi connectivity index (χ1) is 9.43. The number of furan rings is 1. The number of aliphatic carboxylic acids is 1. The molecule has 5 nitrogen and oxygen atoms in total. The molecule has 1 heterocycles. The van der Waals surface area contributed by atoms with E-state index in [2.05, 4.69) is 5.32 Å². The van der Waals surface area contributed by atoms with Gasteiger partial charge in [0.05, 0.1) is 24.1 Å². The molecule has 1 aromatic heterocycles. The lowest BCUT2D eigenvalue weighted by atomic mass is 9.93. The third-order valence-corrected chi connectivity index (χ3v) is 4.74. The molecule has 0 aliphatic heterocycles. The van der Waals surface area contributed by atoms with Gasteiger partial charge in [0.25, 0.3) is 0 Å². The highest BCUT2D eigenvalue weighted by Gasteiger charge is 2.66. The first kappa shape index (κ1) is 13.2. The van der Waals surface area contributed by atoms with Gasteiger partial charge in [0.1, 0.15) is 5.76 Å². The van der Waals surface area contributed by atoms with E-state index in [-0.39, 0.29) is 11.9 Å². The molecule has 1 aromatic rings. The normalized spacial score (nSPS) is 30.4. The smallest absolute Gasteiger partial charge is 0.307 e. The Balaban J connectivity index is 1.72. The second-order valence-corrected chi connectivity index (χ2v) is 6.37. The largest absolute Gasteiger partial charge is 0.481 e. The molecule has 0 spiro atoms. The fraction of sp³-hybridized carbons (Fsp3) is 0.600. The summed E-state index contributed by atoms with van der Waals surface area (Å²) < 4.78 is 5.40. The van der Waals surface area contributed by atoms with Gasteiger partial charge in [0, 0.05) is 12.0 Å². The maximum absolute atomic E-state index is 12.3. The standard InChI is InChI=1S/C15H19NO4/c1-15(2)11(12(15)14(18)19)13(17)16-9-4-3-5-10-8(9)6-7-20-10/h6-7,9,11-12H,3-5H2,1-2H3,(H,16,17)(H,18,19). The summed E-state index contributed by atoms with van der Waals surface area (Å²) in [5.74, 6) is -1.11. The van der Waals surface area contributed by atoms with Gasteiger partial charge in [-0.15, -0.1) is 0 Å². The molecule has 2 N–H and O–H groups in total. The summed E-state index contributed by atoms with van der Waals surface area (Å²) in [6.07, 6.45) is 4.41.